The van der Waals surface area contributed by atoms with Gasteiger partial charge in [-0.05, 0) is 42.3 Å². The average Bonchev–Trinajstić information content (AvgIpc) is 3.49. The summed E-state index contributed by atoms with van der Waals surface area (Å²) in [5.74, 6) is -0.999. The molecule has 172 valence electrons. The largest absolute Gasteiger partial charge is 0.477 e. The van der Waals surface area contributed by atoms with Crippen LogP contribution in [-0.4, -0.2) is 26.4 Å². The van der Waals surface area contributed by atoms with Gasteiger partial charge in [0, 0.05) is 34.8 Å². The molecule has 2 heterocycles. The van der Waals surface area contributed by atoms with E-state index in [0.29, 0.717) is 23.4 Å². The molecule has 5 aromatic rings. The first kappa shape index (κ1) is 22.2. The lowest BCUT2D eigenvalue weighted by Gasteiger charge is -2.07. The summed E-state index contributed by atoms with van der Waals surface area (Å²) >= 11 is 0. The van der Waals surface area contributed by atoms with Gasteiger partial charge in [-0.2, -0.15) is 0 Å². The number of hydrogen-bond acceptors (Lipinski definition) is 2. The van der Waals surface area contributed by atoms with Crippen LogP contribution in [0.2, 0.25) is 0 Å². The van der Waals surface area contributed by atoms with Gasteiger partial charge in [-0.15, -0.1) is 0 Å². The van der Waals surface area contributed by atoms with Crippen LogP contribution in [-0.2, 0) is 6.54 Å². The number of ketones is 1. The Labute approximate surface area is 203 Å². The van der Waals surface area contributed by atoms with E-state index in [9.17, 15) is 14.7 Å². The number of carbonyl (C=O) groups excluding carboxylic acids is 1. The van der Waals surface area contributed by atoms with Crippen LogP contribution in [0.5, 0.6) is 0 Å². The normalized spacial score (nSPS) is 11.3. The summed E-state index contributed by atoms with van der Waals surface area (Å²) in [7, 11) is 0. The Morgan fingerprint density at radius 2 is 1.74 bits per heavy atom. The number of aryl methyl sites for hydroxylation is 1. The molecule has 0 aliphatic rings. The van der Waals surface area contributed by atoms with E-state index in [0.717, 1.165) is 27.6 Å². The number of aromatic amines is 1. The molecule has 5 heteroatoms. The fraction of sp³-hybridized carbons (Fsp3) is 0.0667. The first-order valence-corrected chi connectivity index (χ1v) is 11.4. The van der Waals surface area contributed by atoms with E-state index in [1.807, 2.05) is 115 Å². The Balaban J connectivity index is 1.40. The van der Waals surface area contributed by atoms with Gasteiger partial charge in [0.15, 0.2) is 0 Å². The van der Waals surface area contributed by atoms with Crippen LogP contribution in [0.1, 0.15) is 37.7 Å². The number of hydrogen-bond donors (Lipinski definition) is 2. The van der Waals surface area contributed by atoms with E-state index < -0.39 is 5.97 Å². The van der Waals surface area contributed by atoms with Crippen molar-refractivity contribution in [2.45, 2.75) is 13.5 Å². The molecule has 35 heavy (non-hydrogen) atoms. The number of allylic oxidation sites excluding steroid dienone is 1. The number of aromatic nitrogens is 2. The second-order valence-electron chi connectivity index (χ2n) is 8.49. The van der Waals surface area contributed by atoms with E-state index in [1.165, 1.54) is 0 Å². The van der Waals surface area contributed by atoms with E-state index in [2.05, 4.69) is 4.98 Å². The van der Waals surface area contributed by atoms with Gasteiger partial charge in [0.2, 0.25) is 5.78 Å². The molecule has 0 aliphatic heterocycles. The minimum atomic E-state index is -0.990. The molecule has 0 spiro atoms. The van der Waals surface area contributed by atoms with Gasteiger partial charge in [0.1, 0.15) is 5.69 Å². The second kappa shape index (κ2) is 9.31. The Bertz CT molecular complexity index is 1570. The lowest BCUT2D eigenvalue weighted by atomic mass is 9.99. The molecular formula is C30H24N2O3. The van der Waals surface area contributed by atoms with Crippen molar-refractivity contribution < 1.29 is 14.7 Å². The average molecular weight is 461 g/mol. The zero-order chi connectivity index (χ0) is 24.4. The fourth-order valence-electron chi connectivity index (χ4n) is 4.33. The molecule has 0 bridgehead atoms. The minimum Gasteiger partial charge on any atom is -0.477 e. The lowest BCUT2D eigenvalue weighted by Crippen LogP contribution is -2.09. The number of fused-ring (bicyclic) bond motifs is 1. The Kier molecular flexibility index (Phi) is 5.90. The van der Waals surface area contributed by atoms with Crippen LogP contribution in [0.4, 0.5) is 0 Å². The quantitative estimate of drug-likeness (QED) is 0.269. The smallest absolute Gasteiger partial charge is 0.352 e. The molecule has 5 rings (SSSR count). The highest BCUT2D eigenvalue weighted by Crippen LogP contribution is 2.33. The van der Waals surface area contributed by atoms with E-state index in [1.54, 1.807) is 0 Å². The van der Waals surface area contributed by atoms with Gasteiger partial charge in [-0.1, -0.05) is 78.4 Å². The van der Waals surface area contributed by atoms with Gasteiger partial charge < -0.3 is 14.7 Å². The molecule has 0 saturated carbocycles. The number of H-pyrrole nitrogens is 1. The number of carbonyl (C=O) groups is 2. The highest BCUT2D eigenvalue weighted by Gasteiger charge is 2.18. The van der Waals surface area contributed by atoms with Crippen molar-refractivity contribution in [2.24, 2.45) is 0 Å². The summed E-state index contributed by atoms with van der Waals surface area (Å²) in [5.41, 5.74) is 5.85. The van der Waals surface area contributed by atoms with Gasteiger partial charge in [0.25, 0.3) is 0 Å². The second-order valence-corrected chi connectivity index (χ2v) is 8.49. The lowest BCUT2D eigenvalue weighted by molar-refractivity contribution is 0.0692. The van der Waals surface area contributed by atoms with Crippen LogP contribution in [0.3, 0.4) is 0 Å². The highest BCUT2D eigenvalue weighted by molar-refractivity contribution is 6.08. The van der Waals surface area contributed by atoms with Crippen molar-refractivity contribution in [1.82, 2.24) is 9.55 Å². The van der Waals surface area contributed by atoms with Crippen LogP contribution in [0, 0.1) is 6.92 Å². The zero-order valence-corrected chi connectivity index (χ0v) is 19.2. The summed E-state index contributed by atoms with van der Waals surface area (Å²) in [5, 5.41) is 10.6. The summed E-state index contributed by atoms with van der Waals surface area (Å²) < 4.78 is 1.92. The predicted octanol–water partition coefficient (Wildman–Crippen LogP) is 6.59. The van der Waals surface area contributed by atoms with Crippen molar-refractivity contribution in [2.75, 3.05) is 0 Å². The number of carboxylic acid groups (broad SMARTS) is 1. The maximum atomic E-state index is 12.9. The zero-order valence-electron chi connectivity index (χ0n) is 19.2. The molecule has 0 unspecified atom stereocenters. The summed E-state index contributed by atoms with van der Waals surface area (Å²) in [4.78, 5) is 27.9. The minimum absolute atomic E-state index is 0.00840. The molecule has 3 aromatic carbocycles. The van der Waals surface area contributed by atoms with E-state index >= 15 is 0 Å². The fourth-order valence-corrected chi connectivity index (χ4v) is 4.33. The number of para-hydroxylation sites is 1. The number of benzene rings is 3. The summed E-state index contributed by atoms with van der Waals surface area (Å²) in [6.07, 6.45) is 5.88. The topological polar surface area (TPSA) is 75.1 Å². The number of nitrogens with one attached hydrogen (secondary N) is 1. The van der Waals surface area contributed by atoms with Crippen molar-refractivity contribution in [3.05, 3.63) is 125 Å². The summed E-state index contributed by atoms with van der Waals surface area (Å²) in [6.45, 7) is 2.54. The third kappa shape index (κ3) is 4.44. The highest BCUT2D eigenvalue weighted by atomic mass is 16.4. The van der Waals surface area contributed by atoms with Crippen LogP contribution < -0.4 is 0 Å². The van der Waals surface area contributed by atoms with Crippen molar-refractivity contribution >= 4 is 28.7 Å². The van der Waals surface area contributed by atoms with Crippen LogP contribution in [0.25, 0.3) is 28.1 Å². The standard InChI is InChI=1S/C30H24N2O3/c1-20-13-15-22(16-14-20)29(33)26-12-6-18-32(26)17-5-8-21-7-4-9-23(19-21)27-24-10-2-3-11-25(24)31-28(27)30(34)35/h2-16,18-19,31H,17H2,1H3,(H,34,35)/b8-5+. The summed E-state index contributed by atoms with van der Waals surface area (Å²) in [6, 6.07) is 26.7. The molecule has 0 atom stereocenters. The van der Waals surface area contributed by atoms with Crippen molar-refractivity contribution in [1.29, 1.82) is 0 Å². The van der Waals surface area contributed by atoms with Gasteiger partial charge >= 0.3 is 5.97 Å². The molecule has 2 aromatic heterocycles. The molecule has 0 amide bonds. The molecule has 0 fully saturated rings. The van der Waals surface area contributed by atoms with Gasteiger partial charge in [0.05, 0.1) is 5.69 Å². The third-order valence-corrected chi connectivity index (χ3v) is 6.08. The van der Waals surface area contributed by atoms with Gasteiger partial charge in [-0.3, -0.25) is 4.79 Å². The number of nitrogens with zero attached hydrogens (tertiary/aromatic N) is 1. The maximum absolute atomic E-state index is 12.9. The van der Waals surface area contributed by atoms with E-state index in [-0.39, 0.29) is 11.5 Å². The van der Waals surface area contributed by atoms with Crippen molar-refractivity contribution in [3.63, 3.8) is 0 Å². The third-order valence-electron chi connectivity index (χ3n) is 6.08. The maximum Gasteiger partial charge on any atom is 0.352 e. The van der Waals surface area contributed by atoms with Gasteiger partial charge in [-0.25, -0.2) is 4.79 Å². The molecular weight excluding hydrogens is 436 g/mol. The molecule has 0 aliphatic carbocycles. The van der Waals surface area contributed by atoms with Crippen LogP contribution >= 0.6 is 0 Å². The van der Waals surface area contributed by atoms with Crippen molar-refractivity contribution in [3.8, 4) is 11.1 Å². The Hall–Kier alpha value is -4.64. The molecule has 0 saturated heterocycles. The Morgan fingerprint density at radius 1 is 0.943 bits per heavy atom. The molecule has 5 nitrogen and oxygen atoms in total. The number of carboxylic acids is 1. The SMILES string of the molecule is Cc1ccc(C(=O)c2cccn2C/C=C/c2cccc(-c3c(C(=O)O)[nH]c4ccccc34)c2)cc1. The number of rotatable bonds is 7. The first-order chi connectivity index (χ1) is 17.0. The van der Waals surface area contributed by atoms with E-state index in [4.69, 9.17) is 0 Å². The van der Waals surface area contributed by atoms with Crippen LogP contribution in [0.15, 0.2) is 97.2 Å². The molecule has 2 N–H and O–H groups in total. The first-order valence-electron chi connectivity index (χ1n) is 11.4. The molecule has 0 radical (unpaired) electrons. The number of aromatic carboxylic acids is 1. The predicted molar refractivity (Wildman–Crippen MR) is 139 cm³/mol. The Morgan fingerprint density at radius 3 is 2.54 bits per heavy atom. The monoisotopic (exact) mass is 460 g/mol.